The van der Waals surface area contributed by atoms with E-state index in [0.717, 1.165) is 10.0 Å². The highest BCUT2D eigenvalue weighted by atomic mass is 79.9. The standard InChI is InChI=1S/C23H21BrN2O5/c1-4-9-26-23(28)17(13-25)11-16-5-7-20(21(12-16)29-3)31-22(27)14-30-19-8-6-18(24)10-15(19)2/h4-8,10-12H,1,9,14H2,2-3H3,(H,26,28)/b17-11+. The number of halogens is 1. The van der Waals surface area contributed by atoms with E-state index in [-0.39, 0.29) is 30.2 Å². The SMILES string of the molecule is C=CCNC(=O)/C(C#N)=C/c1ccc(OC(=O)COc2ccc(Br)cc2C)c(OC)c1. The maximum atomic E-state index is 12.2. The lowest BCUT2D eigenvalue weighted by Gasteiger charge is -2.12. The molecule has 0 fully saturated rings. The summed E-state index contributed by atoms with van der Waals surface area (Å²) in [6.45, 7) is 5.34. The van der Waals surface area contributed by atoms with E-state index in [0.29, 0.717) is 11.3 Å². The van der Waals surface area contributed by atoms with Gasteiger partial charge in [0.15, 0.2) is 18.1 Å². The van der Waals surface area contributed by atoms with E-state index in [9.17, 15) is 14.9 Å². The molecule has 160 valence electrons. The first-order valence-corrected chi connectivity index (χ1v) is 9.95. The number of nitrogens with one attached hydrogen (secondary N) is 1. The minimum Gasteiger partial charge on any atom is -0.493 e. The Kier molecular flexibility index (Phi) is 8.85. The number of ether oxygens (including phenoxy) is 3. The van der Waals surface area contributed by atoms with Crippen LogP contribution in [0.5, 0.6) is 17.2 Å². The van der Waals surface area contributed by atoms with Crippen LogP contribution in [-0.2, 0) is 9.59 Å². The summed E-state index contributed by atoms with van der Waals surface area (Å²) in [7, 11) is 1.42. The number of nitrogens with zero attached hydrogens (tertiary/aromatic N) is 1. The number of benzene rings is 2. The Balaban J connectivity index is 2.09. The van der Waals surface area contributed by atoms with Gasteiger partial charge in [-0.1, -0.05) is 28.1 Å². The second-order valence-electron chi connectivity index (χ2n) is 6.25. The lowest BCUT2D eigenvalue weighted by molar-refractivity contribution is -0.136. The van der Waals surface area contributed by atoms with E-state index in [1.165, 1.54) is 25.3 Å². The molecule has 0 atom stereocenters. The van der Waals surface area contributed by atoms with Crippen LogP contribution in [0.2, 0.25) is 0 Å². The summed E-state index contributed by atoms with van der Waals surface area (Å²) in [6, 6.07) is 12.0. The van der Waals surface area contributed by atoms with Crippen molar-refractivity contribution in [3.8, 4) is 23.3 Å². The Morgan fingerprint density at radius 1 is 1.19 bits per heavy atom. The maximum Gasteiger partial charge on any atom is 0.349 e. The maximum absolute atomic E-state index is 12.2. The van der Waals surface area contributed by atoms with Crippen LogP contribution in [0.1, 0.15) is 11.1 Å². The largest absolute Gasteiger partial charge is 0.493 e. The van der Waals surface area contributed by atoms with Gasteiger partial charge in [-0.05, 0) is 54.5 Å². The number of amides is 1. The predicted molar refractivity (Wildman–Crippen MR) is 120 cm³/mol. The molecule has 0 spiro atoms. The van der Waals surface area contributed by atoms with E-state index < -0.39 is 11.9 Å². The number of methoxy groups -OCH3 is 1. The summed E-state index contributed by atoms with van der Waals surface area (Å²) in [5, 5.41) is 11.8. The molecule has 31 heavy (non-hydrogen) atoms. The van der Waals surface area contributed by atoms with Gasteiger partial charge in [-0.2, -0.15) is 5.26 Å². The van der Waals surface area contributed by atoms with Crippen molar-refractivity contribution in [2.75, 3.05) is 20.3 Å². The number of nitriles is 1. The molecule has 0 bridgehead atoms. The Morgan fingerprint density at radius 3 is 2.58 bits per heavy atom. The van der Waals surface area contributed by atoms with Crippen LogP contribution in [-0.4, -0.2) is 32.1 Å². The Bertz CT molecular complexity index is 1060. The first-order chi connectivity index (χ1) is 14.9. The zero-order valence-corrected chi connectivity index (χ0v) is 18.7. The summed E-state index contributed by atoms with van der Waals surface area (Å²) in [4.78, 5) is 24.2. The molecule has 8 heteroatoms. The molecule has 0 saturated heterocycles. The summed E-state index contributed by atoms with van der Waals surface area (Å²) in [5.74, 6) is -0.0878. The molecule has 0 saturated carbocycles. The van der Waals surface area contributed by atoms with Crippen LogP contribution >= 0.6 is 15.9 Å². The summed E-state index contributed by atoms with van der Waals surface area (Å²) < 4.78 is 17.0. The van der Waals surface area contributed by atoms with Crippen molar-refractivity contribution in [1.82, 2.24) is 5.32 Å². The minimum absolute atomic E-state index is 0.0769. The third kappa shape index (κ3) is 7.01. The molecule has 0 heterocycles. The zero-order valence-electron chi connectivity index (χ0n) is 17.1. The fourth-order valence-electron chi connectivity index (χ4n) is 2.50. The number of hydrogen-bond donors (Lipinski definition) is 1. The predicted octanol–water partition coefficient (Wildman–Crippen LogP) is 3.96. The molecule has 2 aromatic carbocycles. The molecule has 2 rings (SSSR count). The van der Waals surface area contributed by atoms with Crippen LogP contribution in [0.15, 0.2) is 59.1 Å². The van der Waals surface area contributed by atoms with Gasteiger partial charge in [0.2, 0.25) is 0 Å². The van der Waals surface area contributed by atoms with Gasteiger partial charge in [-0.25, -0.2) is 4.79 Å². The molecule has 0 aliphatic heterocycles. The smallest absolute Gasteiger partial charge is 0.349 e. The molecule has 0 radical (unpaired) electrons. The van der Waals surface area contributed by atoms with Crippen molar-refractivity contribution in [2.45, 2.75) is 6.92 Å². The normalized spacial score (nSPS) is 10.6. The van der Waals surface area contributed by atoms with Crippen molar-refractivity contribution in [2.24, 2.45) is 0 Å². The average molecular weight is 485 g/mol. The molecule has 0 unspecified atom stereocenters. The zero-order chi connectivity index (χ0) is 22.8. The van der Waals surface area contributed by atoms with Gasteiger partial charge in [-0.15, -0.1) is 6.58 Å². The van der Waals surface area contributed by atoms with Crippen LogP contribution in [0.3, 0.4) is 0 Å². The van der Waals surface area contributed by atoms with Crippen LogP contribution in [0.4, 0.5) is 0 Å². The van der Waals surface area contributed by atoms with Crippen LogP contribution in [0.25, 0.3) is 6.08 Å². The summed E-state index contributed by atoms with van der Waals surface area (Å²) >= 11 is 3.37. The van der Waals surface area contributed by atoms with Crippen molar-refractivity contribution in [3.05, 3.63) is 70.2 Å². The van der Waals surface area contributed by atoms with Crippen molar-refractivity contribution in [3.63, 3.8) is 0 Å². The highest BCUT2D eigenvalue weighted by molar-refractivity contribution is 9.10. The van der Waals surface area contributed by atoms with Gasteiger partial charge in [0.05, 0.1) is 7.11 Å². The third-order valence-corrected chi connectivity index (χ3v) is 4.47. The van der Waals surface area contributed by atoms with E-state index in [2.05, 4.69) is 27.8 Å². The van der Waals surface area contributed by atoms with Gasteiger partial charge in [0, 0.05) is 11.0 Å². The molecule has 2 aromatic rings. The van der Waals surface area contributed by atoms with E-state index in [4.69, 9.17) is 14.2 Å². The van der Waals surface area contributed by atoms with Gasteiger partial charge >= 0.3 is 5.97 Å². The number of hydrogen-bond acceptors (Lipinski definition) is 6. The lowest BCUT2D eigenvalue weighted by atomic mass is 10.1. The number of carbonyl (C=O) groups is 2. The van der Waals surface area contributed by atoms with Gasteiger partial charge in [0.25, 0.3) is 5.91 Å². The lowest BCUT2D eigenvalue weighted by Crippen LogP contribution is -2.24. The second-order valence-corrected chi connectivity index (χ2v) is 7.17. The number of aryl methyl sites for hydroxylation is 1. The molecule has 1 N–H and O–H groups in total. The molecule has 0 aromatic heterocycles. The summed E-state index contributed by atoms with van der Waals surface area (Å²) in [6.07, 6.45) is 2.92. The van der Waals surface area contributed by atoms with E-state index >= 15 is 0 Å². The minimum atomic E-state index is -0.606. The van der Waals surface area contributed by atoms with Crippen molar-refractivity contribution >= 4 is 33.9 Å². The molecular weight excluding hydrogens is 464 g/mol. The Labute approximate surface area is 189 Å². The average Bonchev–Trinajstić information content (AvgIpc) is 2.75. The fraction of sp³-hybridized carbons (Fsp3) is 0.174. The second kappa shape index (κ2) is 11.6. The van der Waals surface area contributed by atoms with Crippen LogP contribution < -0.4 is 19.5 Å². The quantitative estimate of drug-likeness (QED) is 0.190. The Morgan fingerprint density at radius 2 is 1.94 bits per heavy atom. The summed E-state index contributed by atoms with van der Waals surface area (Å²) in [5.41, 5.74) is 1.33. The monoisotopic (exact) mass is 484 g/mol. The molecular formula is C23H21BrN2O5. The number of rotatable bonds is 9. The first kappa shape index (κ1) is 23.7. The van der Waals surface area contributed by atoms with E-state index in [1.54, 1.807) is 18.2 Å². The van der Waals surface area contributed by atoms with Gasteiger partial charge in [-0.3, -0.25) is 4.79 Å². The number of esters is 1. The first-order valence-electron chi connectivity index (χ1n) is 9.16. The Hall–Kier alpha value is -3.57. The molecule has 7 nitrogen and oxygen atoms in total. The fourth-order valence-corrected chi connectivity index (χ4v) is 2.97. The number of carbonyl (C=O) groups excluding carboxylic acids is 2. The van der Waals surface area contributed by atoms with E-state index in [1.807, 2.05) is 25.1 Å². The molecule has 0 aliphatic rings. The molecule has 1 amide bonds. The highest BCUT2D eigenvalue weighted by Gasteiger charge is 2.13. The van der Waals surface area contributed by atoms with Crippen molar-refractivity contribution in [1.29, 1.82) is 5.26 Å². The van der Waals surface area contributed by atoms with Crippen LogP contribution in [0, 0.1) is 18.3 Å². The van der Waals surface area contributed by atoms with Gasteiger partial charge in [0.1, 0.15) is 17.4 Å². The third-order valence-electron chi connectivity index (χ3n) is 3.98. The molecule has 0 aliphatic carbocycles. The van der Waals surface area contributed by atoms with Crippen molar-refractivity contribution < 1.29 is 23.8 Å². The highest BCUT2D eigenvalue weighted by Crippen LogP contribution is 2.29. The topological polar surface area (TPSA) is 97.7 Å². The van der Waals surface area contributed by atoms with Gasteiger partial charge < -0.3 is 19.5 Å².